The fourth-order valence-electron chi connectivity index (χ4n) is 2.27. The van der Waals surface area contributed by atoms with Crippen molar-refractivity contribution in [2.45, 2.75) is 6.54 Å². The highest BCUT2D eigenvalue weighted by Gasteiger charge is 2.09. The summed E-state index contributed by atoms with van der Waals surface area (Å²) >= 11 is 0. The maximum absolute atomic E-state index is 12.1. The Morgan fingerprint density at radius 1 is 1.13 bits per heavy atom. The topological polar surface area (TPSA) is 98.6 Å². The Balaban J connectivity index is 1.80. The molecule has 0 aliphatic rings. The van der Waals surface area contributed by atoms with E-state index in [4.69, 9.17) is 5.26 Å². The Morgan fingerprint density at radius 3 is 2.52 bits per heavy atom. The minimum absolute atomic E-state index is 0.191. The maximum Gasteiger partial charge on any atom is 0.272 e. The first-order valence-corrected chi connectivity index (χ1v) is 6.93. The van der Waals surface area contributed by atoms with Gasteiger partial charge < -0.3 is 5.32 Å². The van der Waals surface area contributed by atoms with Gasteiger partial charge in [0.2, 0.25) is 0 Å². The largest absolute Gasteiger partial charge is 0.346 e. The van der Waals surface area contributed by atoms with Crippen LogP contribution in [0.1, 0.15) is 21.6 Å². The van der Waals surface area contributed by atoms with Crippen molar-refractivity contribution in [3.05, 3.63) is 75.7 Å². The van der Waals surface area contributed by atoms with E-state index in [1.54, 1.807) is 42.5 Å². The first-order chi connectivity index (χ1) is 11.2. The van der Waals surface area contributed by atoms with Crippen LogP contribution in [0.15, 0.2) is 53.3 Å². The number of aromatic amines is 1. The monoisotopic (exact) mass is 304 g/mol. The third kappa shape index (κ3) is 2.94. The number of amides is 1. The van der Waals surface area contributed by atoms with Crippen LogP contribution in [-0.2, 0) is 6.54 Å². The zero-order valence-electron chi connectivity index (χ0n) is 12.0. The quantitative estimate of drug-likeness (QED) is 0.769. The van der Waals surface area contributed by atoms with Crippen LogP contribution >= 0.6 is 0 Å². The predicted molar refractivity (Wildman–Crippen MR) is 84.7 cm³/mol. The van der Waals surface area contributed by atoms with Crippen LogP contribution in [0.4, 0.5) is 0 Å². The molecule has 0 aliphatic heterocycles. The normalized spacial score (nSPS) is 10.2. The van der Waals surface area contributed by atoms with E-state index in [9.17, 15) is 9.59 Å². The first kappa shape index (κ1) is 14.5. The number of carbonyl (C=O) groups excluding carboxylic acids is 1. The number of carbonyl (C=O) groups is 1. The van der Waals surface area contributed by atoms with Crippen LogP contribution in [0.2, 0.25) is 0 Å². The summed E-state index contributed by atoms with van der Waals surface area (Å²) in [5.74, 6) is -0.272. The standard InChI is InChI=1S/C17H12N4O2/c18-9-11-5-7-12(8-6-11)16(22)19-10-15-13-3-1-2-4-14(13)17(23)21-20-15/h1-8H,10H2,(H,19,22)(H,21,23). The fourth-order valence-corrected chi connectivity index (χ4v) is 2.27. The van der Waals surface area contributed by atoms with Crippen LogP contribution in [0, 0.1) is 11.3 Å². The number of H-pyrrole nitrogens is 1. The Bertz CT molecular complexity index is 968. The van der Waals surface area contributed by atoms with E-state index in [0.717, 1.165) is 0 Å². The summed E-state index contributed by atoms with van der Waals surface area (Å²) in [6.45, 7) is 0.191. The van der Waals surface area contributed by atoms with Crippen molar-refractivity contribution in [1.82, 2.24) is 15.5 Å². The van der Waals surface area contributed by atoms with Gasteiger partial charge in [-0.25, -0.2) is 5.10 Å². The summed E-state index contributed by atoms with van der Waals surface area (Å²) in [6.07, 6.45) is 0. The molecule has 1 heterocycles. The second-order valence-corrected chi connectivity index (χ2v) is 4.92. The van der Waals surface area contributed by atoms with Crippen molar-refractivity contribution in [2.24, 2.45) is 0 Å². The summed E-state index contributed by atoms with van der Waals surface area (Å²) in [5, 5.41) is 19.2. The van der Waals surface area contributed by atoms with Gasteiger partial charge in [-0.3, -0.25) is 9.59 Å². The van der Waals surface area contributed by atoms with Gasteiger partial charge in [-0.1, -0.05) is 18.2 Å². The van der Waals surface area contributed by atoms with Crippen LogP contribution in [0.3, 0.4) is 0 Å². The van der Waals surface area contributed by atoms with E-state index in [0.29, 0.717) is 27.6 Å². The molecule has 23 heavy (non-hydrogen) atoms. The lowest BCUT2D eigenvalue weighted by Crippen LogP contribution is -2.24. The number of nitrogens with zero attached hydrogens (tertiary/aromatic N) is 2. The maximum atomic E-state index is 12.1. The molecule has 3 aromatic rings. The average molecular weight is 304 g/mol. The van der Waals surface area contributed by atoms with Gasteiger partial charge in [-0.15, -0.1) is 0 Å². The minimum atomic E-state index is -0.272. The van der Waals surface area contributed by atoms with Gasteiger partial charge in [0.1, 0.15) is 0 Å². The molecule has 2 N–H and O–H groups in total. The number of benzene rings is 2. The molecule has 0 saturated heterocycles. The molecule has 0 aliphatic carbocycles. The lowest BCUT2D eigenvalue weighted by atomic mass is 10.1. The van der Waals surface area contributed by atoms with Crippen molar-refractivity contribution in [3.63, 3.8) is 0 Å². The molecular formula is C17H12N4O2. The Morgan fingerprint density at radius 2 is 1.83 bits per heavy atom. The van der Waals surface area contributed by atoms with Crippen molar-refractivity contribution in [2.75, 3.05) is 0 Å². The molecule has 0 spiro atoms. The van der Waals surface area contributed by atoms with Gasteiger partial charge in [0.25, 0.3) is 11.5 Å². The molecule has 0 bridgehead atoms. The van der Waals surface area contributed by atoms with E-state index in [-0.39, 0.29) is 18.0 Å². The van der Waals surface area contributed by atoms with Crippen LogP contribution in [0.5, 0.6) is 0 Å². The molecule has 6 heteroatoms. The van der Waals surface area contributed by atoms with E-state index >= 15 is 0 Å². The first-order valence-electron chi connectivity index (χ1n) is 6.93. The van der Waals surface area contributed by atoms with Crippen LogP contribution < -0.4 is 10.9 Å². The van der Waals surface area contributed by atoms with Gasteiger partial charge in [0, 0.05) is 10.9 Å². The number of hydrogen-bond acceptors (Lipinski definition) is 4. The van der Waals surface area contributed by atoms with E-state index in [1.165, 1.54) is 0 Å². The van der Waals surface area contributed by atoms with Crippen molar-refractivity contribution in [1.29, 1.82) is 5.26 Å². The lowest BCUT2D eigenvalue weighted by molar-refractivity contribution is 0.0950. The summed E-state index contributed by atoms with van der Waals surface area (Å²) < 4.78 is 0. The molecule has 2 aromatic carbocycles. The van der Waals surface area contributed by atoms with Gasteiger partial charge in [-0.2, -0.15) is 10.4 Å². The molecule has 0 fully saturated rings. The molecule has 1 aromatic heterocycles. The highest BCUT2D eigenvalue weighted by Crippen LogP contribution is 2.12. The van der Waals surface area contributed by atoms with Gasteiger partial charge >= 0.3 is 0 Å². The second-order valence-electron chi connectivity index (χ2n) is 4.92. The summed E-state index contributed by atoms with van der Waals surface area (Å²) in [7, 11) is 0. The van der Waals surface area contributed by atoms with Crippen LogP contribution in [0.25, 0.3) is 10.8 Å². The summed E-state index contributed by atoms with van der Waals surface area (Å²) in [5.41, 5.74) is 1.28. The molecular weight excluding hydrogens is 292 g/mol. The second kappa shape index (κ2) is 6.12. The molecule has 0 saturated carbocycles. The number of hydrogen-bond donors (Lipinski definition) is 2. The smallest absolute Gasteiger partial charge is 0.272 e. The van der Waals surface area contributed by atoms with Crippen molar-refractivity contribution < 1.29 is 4.79 Å². The van der Waals surface area contributed by atoms with E-state index in [2.05, 4.69) is 15.5 Å². The summed E-state index contributed by atoms with van der Waals surface area (Å²) in [6, 6.07) is 15.4. The highest BCUT2D eigenvalue weighted by molar-refractivity contribution is 5.94. The Labute approximate surface area is 131 Å². The zero-order valence-corrected chi connectivity index (χ0v) is 12.0. The minimum Gasteiger partial charge on any atom is -0.346 e. The average Bonchev–Trinajstić information content (AvgIpc) is 2.61. The number of nitrogens with one attached hydrogen (secondary N) is 2. The molecule has 1 amide bonds. The van der Waals surface area contributed by atoms with Gasteiger partial charge in [0.15, 0.2) is 0 Å². The molecule has 0 unspecified atom stereocenters. The predicted octanol–water partition coefficient (Wildman–Crippen LogP) is 1.72. The lowest BCUT2D eigenvalue weighted by Gasteiger charge is -2.07. The van der Waals surface area contributed by atoms with Gasteiger partial charge in [0.05, 0.1) is 29.3 Å². The Hall–Kier alpha value is -3.46. The molecule has 0 radical (unpaired) electrons. The fraction of sp³-hybridized carbons (Fsp3) is 0.0588. The Kier molecular flexibility index (Phi) is 3.85. The number of aromatic nitrogens is 2. The third-order valence-corrected chi connectivity index (χ3v) is 3.47. The number of fused-ring (bicyclic) bond motifs is 1. The summed E-state index contributed by atoms with van der Waals surface area (Å²) in [4.78, 5) is 23.8. The zero-order chi connectivity index (χ0) is 16.2. The van der Waals surface area contributed by atoms with Crippen molar-refractivity contribution >= 4 is 16.7 Å². The third-order valence-electron chi connectivity index (χ3n) is 3.47. The molecule has 112 valence electrons. The number of nitriles is 1. The van der Waals surface area contributed by atoms with E-state index in [1.807, 2.05) is 12.1 Å². The van der Waals surface area contributed by atoms with Crippen molar-refractivity contribution in [3.8, 4) is 6.07 Å². The van der Waals surface area contributed by atoms with E-state index < -0.39 is 0 Å². The highest BCUT2D eigenvalue weighted by atomic mass is 16.1. The van der Waals surface area contributed by atoms with Crippen LogP contribution in [-0.4, -0.2) is 16.1 Å². The van der Waals surface area contributed by atoms with Gasteiger partial charge in [-0.05, 0) is 30.3 Å². The molecule has 3 rings (SSSR count). The SMILES string of the molecule is N#Cc1ccc(C(=O)NCc2n[nH]c(=O)c3ccccc23)cc1. The molecule has 0 atom stereocenters. The molecule has 6 nitrogen and oxygen atoms in total. The number of rotatable bonds is 3.